The lowest BCUT2D eigenvalue weighted by Crippen LogP contribution is -1.96. The summed E-state index contributed by atoms with van der Waals surface area (Å²) in [6, 6.07) is 5.10. The van der Waals surface area contributed by atoms with Gasteiger partial charge < -0.3 is 4.79 Å². The molecule has 0 amide bonds. The van der Waals surface area contributed by atoms with E-state index in [4.69, 9.17) is 0 Å². The van der Waals surface area contributed by atoms with E-state index in [1.165, 1.54) is 13.0 Å². The van der Waals surface area contributed by atoms with Crippen LogP contribution < -0.4 is 0 Å². The predicted molar refractivity (Wildman–Crippen MR) is 50.1 cm³/mol. The number of benzene rings is 1. The Kier molecular flexibility index (Phi) is 3.18. The minimum atomic E-state index is -0.207. The number of carbonyl (C=O) groups excluding carboxylic acids is 1. The van der Waals surface area contributed by atoms with Crippen molar-refractivity contribution in [3.8, 4) is 0 Å². The average Bonchev–Trinajstić information content (AvgIpc) is 2.02. The zero-order valence-corrected chi connectivity index (χ0v) is 7.93. The smallest absolute Gasteiger partial charge is 0.130 e. The SMILES string of the molecule is CC(=O)CCc1ccc(C)cc1F. The Hall–Kier alpha value is -1.18. The van der Waals surface area contributed by atoms with Gasteiger partial charge in [0, 0.05) is 6.42 Å². The van der Waals surface area contributed by atoms with Gasteiger partial charge in [0.1, 0.15) is 11.6 Å². The van der Waals surface area contributed by atoms with Crippen LogP contribution in [0.1, 0.15) is 24.5 Å². The minimum absolute atomic E-state index is 0.0972. The first-order valence-electron chi connectivity index (χ1n) is 4.34. The van der Waals surface area contributed by atoms with E-state index in [1.807, 2.05) is 13.0 Å². The molecule has 0 aliphatic carbocycles. The molecule has 0 aliphatic rings. The number of carbonyl (C=O) groups is 1. The Morgan fingerprint density at radius 1 is 1.46 bits per heavy atom. The van der Waals surface area contributed by atoms with Crippen LogP contribution in [0.25, 0.3) is 0 Å². The Morgan fingerprint density at radius 3 is 2.69 bits per heavy atom. The summed E-state index contributed by atoms with van der Waals surface area (Å²) < 4.78 is 13.2. The first kappa shape index (κ1) is 9.90. The molecule has 1 rings (SSSR count). The molecule has 0 radical (unpaired) electrons. The molecule has 0 saturated carbocycles. The highest BCUT2D eigenvalue weighted by Crippen LogP contribution is 2.11. The summed E-state index contributed by atoms with van der Waals surface area (Å²) >= 11 is 0. The van der Waals surface area contributed by atoms with E-state index in [2.05, 4.69) is 0 Å². The normalized spacial score (nSPS) is 10.1. The van der Waals surface area contributed by atoms with Gasteiger partial charge in [-0.15, -0.1) is 0 Å². The maximum absolute atomic E-state index is 13.2. The Bertz CT molecular complexity index is 318. The van der Waals surface area contributed by atoms with Crippen LogP contribution >= 0.6 is 0 Å². The summed E-state index contributed by atoms with van der Waals surface area (Å²) in [5, 5.41) is 0. The third-order valence-corrected chi connectivity index (χ3v) is 1.95. The quantitative estimate of drug-likeness (QED) is 0.698. The number of halogens is 1. The van der Waals surface area contributed by atoms with Crippen LogP contribution in [-0.4, -0.2) is 5.78 Å². The minimum Gasteiger partial charge on any atom is -0.300 e. The van der Waals surface area contributed by atoms with Crippen molar-refractivity contribution in [1.82, 2.24) is 0 Å². The molecule has 0 saturated heterocycles. The molecule has 1 aromatic rings. The lowest BCUT2D eigenvalue weighted by Gasteiger charge is -2.01. The second-order valence-corrected chi connectivity index (χ2v) is 3.30. The number of hydrogen-bond donors (Lipinski definition) is 0. The summed E-state index contributed by atoms with van der Waals surface area (Å²) in [4.78, 5) is 10.7. The molecule has 1 aromatic carbocycles. The fourth-order valence-corrected chi connectivity index (χ4v) is 1.17. The number of hydrogen-bond acceptors (Lipinski definition) is 1. The van der Waals surface area contributed by atoms with Gasteiger partial charge in [0.05, 0.1) is 0 Å². The van der Waals surface area contributed by atoms with Gasteiger partial charge in [-0.3, -0.25) is 0 Å². The van der Waals surface area contributed by atoms with Gasteiger partial charge in [0.2, 0.25) is 0 Å². The molecule has 0 unspecified atom stereocenters. The number of ketones is 1. The fourth-order valence-electron chi connectivity index (χ4n) is 1.17. The average molecular weight is 180 g/mol. The molecule has 1 nitrogen and oxygen atoms in total. The van der Waals surface area contributed by atoms with Crippen LogP contribution in [0.3, 0.4) is 0 Å². The van der Waals surface area contributed by atoms with Crippen molar-refractivity contribution in [2.75, 3.05) is 0 Å². The monoisotopic (exact) mass is 180 g/mol. The molecule has 2 heteroatoms. The second-order valence-electron chi connectivity index (χ2n) is 3.30. The van der Waals surface area contributed by atoms with E-state index in [9.17, 15) is 9.18 Å². The third kappa shape index (κ3) is 2.98. The van der Waals surface area contributed by atoms with Crippen LogP contribution in [0.4, 0.5) is 4.39 Å². The van der Waals surface area contributed by atoms with E-state index in [0.29, 0.717) is 18.4 Å². The van der Waals surface area contributed by atoms with Crippen molar-refractivity contribution in [3.05, 3.63) is 35.1 Å². The van der Waals surface area contributed by atoms with Crippen LogP contribution in [0.5, 0.6) is 0 Å². The first-order valence-corrected chi connectivity index (χ1v) is 4.34. The van der Waals surface area contributed by atoms with Gasteiger partial charge >= 0.3 is 0 Å². The predicted octanol–water partition coefficient (Wildman–Crippen LogP) is 2.66. The van der Waals surface area contributed by atoms with Crippen LogP contribution in [-0.2, 0) is 11.2 Å². The summed E-state index contributed by atoms with van der Waals surface area (Å²) in [6.45, 7) is 3.37. The zero-order valence-electron chi connectivity index (χ0n) is 7.93. The highest BCUT2D eigenvalue weighted by atomic mass is 19.1. The molecule has 0 heterocycles. The molecule has 0 atom stereocenters. The van der Waals surface area contributed by atoms with Gasteiger partial charge in [-0.1, -0.05) is 12.1 Å². The lowest BCUT2D eigenvalue weighted by atomic mass is 10.1. The molecule has 0 fully saturated rings. The van der Waals surface area contributed by atoms with Gasteiger partial charge in [-0.25, -0.2) is 4.39 Å². The van der Waals surface area contributed by atoms with Crippen molar-refractivity contribution < 1.29 is 9.18 Å². The topological polar surface area (TPSA) is 17.1 Å². The van der Waals surface area contributed by atoms with Gasteiger partial charge in [-0.2, -0.15) is 0 Å². The van der Waals surface area contributed by atoms with Crippen molar-refractivity contribution in [2.24, 2.45) is 0 Å². The molecular formula is C11H13FO. The number of Topliss-reactive ketones (excluding diaryl/α,β-unsaturated/α-hetero) is 1. The standard InChI is InChI=1S/C11H13FO/c1-8-3-5-10(11(12)7-8)6-4-9(2)13/h3,5,7H,4,6H2,1-2H3. The molecule has 0 N–H and O–H groups in total. The molecule has 0 aliphatic heterocycles. The van der Waals surface area contributed by atoms with Gasteiger partial charge in [0.15, 0.2) is 0 Å². The summed E-state index contributed by atoms with van der Waals surface area (Å²) in [5.74, 6) is -0.110. The maximum Gasteiger partial charge on any atom is 0.130 e. The maximum atomic E-state index is 13.2. The van der Waals surface area contributed by atoms with Gasteiger partial charge in [-0.05, 0) is 37.5 Å². The van der Waals surface area contributed by atoms with Crippen LogP contribution in [0.15, 0.2) is 18.2 Å². The van der Waals surface area contributed by atoms with Gasteiger partial charge in [0.25, 0.3) is 0 Å². The highest BCUT2D eigenvalue weighted by Gasteiger charge is 2.02. The first-order chi connectivity index (χ1) is 6.09. The molecule has 13 heavy (non-hydrogen) atoms. The highest BCUT2D eigenvalue weighted by molar-refractivity contribution is 5.75. The largest absolute Gasteiger partial charge is 0.300 e. The molecule has 0 aromatic heterocycles. The van der Waals surface area contributed by atoms with E-state index in [1.54, 1.807) is 6.07 Å². The summed E-state index contributed by atoms with van der Waals surface area (Å²) in [7, 11) is 0. The number of rotatable bonds is 3. The number of aryl methyl sites for hydroxylation is 2. The molecule has 70 valence electrons. The Morgan fingerprint density at radius 2 is 2.15 bits per heavy atom. The van der Waals surface area contributed by atoms with E-state index in [0.717, 1.165) is 5.56 Å². The summed E-state index contributed by atoms with van der Waals surface area (Å²) in [5.41, 5.74) is 1.53. The van der Waals surface area contributed by atoms with Crippen molar-refractivity contribution >= 4 is 5.78 Å². The Balaban J connectivity index is 2.72. The van der Waals surface area contributed by atoms with Crippen molar-refractivity contribution in [1.29, 1.82) is 0 Å². The van der Waals surface area contributed by atoms with E-state index >= 15 is 0 Å². The second kappa shape index (κ2) is 4.17. The van der Waals surface area contributed by atoms with E-state index < -0.39 is 0 Å². The molecular weight excluding hydrogens is 167 g/mol. The molecule has 0 bridgehead atoms. The fraction of sp³-hybridized carbons (Fsp3) is 0.364. The third-order valence-electron chi connectivity index (χ3n) is 1.95. The van der Waals surface area contributed by atoms with Crippen LogP contribution in [0.2, 0.25) is 0 Å². The van der Waals surface area contributed by atoms with Crippen molar-refractivity contribution in [3.63, 3.8) is 0 Å². The zero-order chi connectivity index (χ0) is 9.84. The lowest BCUT2D eigenvalue weighted by molar-refractivity contribution is -0.116. The van der Waals surface area contributed by atoms with Crippen molar-refractivity contribution in [2.45, 2.75) is 26.7 Å². The van der Waals surface area contributed by atoms with Crippen LogP contribution in [0, 0.1) is 12.7 Å². The Labute approximate surface area is 77.6 Å². The summed E-state index contributed by atoms with van der Waals surface area (Å²) in [6.07, 6.45) is 0.918. The molecule has 0 spiro atoms. The van der Waals surface area contributed by atoms with E-state index in [-0.39, 0.29) is 11.6 Å².